The van der Waals surface area contributed by atoms with E-state index in [1.165, 1.54) is 11.8 Å². The second-order valence-electron chi connectivity index (χ2n) is 7.13. The van der Waals surface area contributed by atoms with Crippen LogP contribution in [-0.2, 0) is 16.1 Å². The van der Waals surface area contributed by atoms with E-state index in [4.69, 9.17) is 0 Å². The van der Waals surface area contributed by atoms with Crippen LogP contribution in [0.2, 0.25) is 0 Å². The molecule has 0 bridgehead atoms. The second-order valence-corrected chi connectivity index (χ2v) is 8.44. The average Bonchev–Trinajstić information content (AvgIpc) is 3.45. The van der Waals surface area contributed by atoms with Gasteiger partial charge in [0.25, 0.3) is 0 Å². The molecule has 2 aliphatic rings. The highest BCUT2D eigenvalue weighted by Gasteiger charge is 2.28. The van der Waals surface area contributed by atoms with Crippen molar-refractivity contribution in [2.75, 3.05) is 19.6 Å². The number of carbonyl (C=O) groups is 2. The largest absolute Gasteiger partial charge is 0.342 e. The Labute approximate surface area is 168 Å². The fourth-order valence-electron chi connectivity index (χ4n) is 3.64. The third kappa shape index (κ3) is 3.89. The number of likely N-dealkylation sites (tertiary alicyclic amines) is 2. The molecule has 0 spiro atoms. The minimum Gasteiger partial charge on any atom is -0.342 e. The molecule has 9 heteroatoms. The van der Waals surface area contributed by atoms with Gasteiger partial charge in [0, 0.05) is 32.3 Å². The molecule has 8 nitrogen and oxygen atoms in total. The topological polar surface area (TPSA) is 84.2 Å². The van der Waals surface area contributed by atoms with E-state index in [0.717, 1.165) is 38.9 Å². The van der Waals surface area contributed by atoms with Gasteiger partial charge in [-0.05, 0) is 38.3 Å². The molecular formula is C19H24N6O2S. The van der Waals surface area contributed by atoms with Crippen molar-refractivity contribution in [2.45, 2.75) is 49.6 Å². The highest BCUT2D eigenvalue weighted by atomic mass is 32.2. The lowest BCUT2D eigenvalue weighted by atomic mass is 10.4. The monoisotopic (exact) mass is 400 g/mol. The Hall–Kier alpha value is -2.42. The first-order valence-electron chi connectivity index (χ1n) is 9.72. The van der Waals surface area contributed by atoms with Gasteiger partial charge in [0.1, 0.15) is 5.82 Å². The molecule has 2 fully saturated rings. The van der Waals surface area contributed by atoms with Crippen molar-refractivity contribution < 1.29 is 9.59 Å². The Morgan fingerprint density at radius 3 is 2.68 bits per heavy atom. The molecule has 2 aromatic rings. The van der Waals surface area contributed by atoms with E-state index in [0.29, 0.717) is 29.8 Å². The zero-order valence-corrected chi connectivity index (χ0v) is 16.8. The smallest absolute Gasteiger partial charge is 0.235 e. The van der Waals surface area contributed by atoms with Gasteiger partial charge < -0.3 is 9.80 Å². The zero-order valence-electron chi connectivity index (χ0n) is 16.0. The first kappa shape index (κ1) is 18.9. The maximum absolute atomic E-state index is 12.7. The Balaban J connectivity index is 1.59. The van der Waals surface area contributed by atoms with Crippen molar-refractivity contribution in [3.63, 3.8) is 0 Å². The van der Waals surface area contributed by atoms with E-state index in [1.807, 2.05) is 34.6 Å². The summed E-state index contributed by atoms with van der Waals surface area (Å²) in [7, 11) is 0. The number of carbonyl (C=O) groups excluding carboxylic acids is 2. The van der Waals surface area contributed by atoms with Gasteiger partial charge in [-0.1, -0.05) is 17.8 Å². The van der Waals surface area contributed by atoms with Crippen LogP contribution in [0.4, 0.5) is 0 Å². The molecule has 2 aromatic heterocycles. The molecule has 148 valence electrons. The van der Waals surface area contributed by atoms with Crippen LogP contribution in [0.3, 0.4) is 0 Å². The number of rotatable bonds is 6. The lowest BCUT2D eigenvalue weighted by Gasteiger charge is -2.20. The molecule has 0 aliphatic carbocycles. The van der Waals surface area contributed by atoms with E-state index in [-0.39, 0.29) is 17.1 Å². The van der Waals surface area contributed by atoms with Crippen LogP contribution in [0.15, 0.2) is 29.6 Å². The Kier molecular flexibility index (Phi) is 5.61. The predicted molar refractivity (Wildman–Crippen MR) is 105 cm³/mol. The van der Waals surface area contributed by atoms with E-state index in [9.17, 15) is 9.59 Å². The molecule has 4 rings (SSSR count). The molecule has 2 aliphatic heterocycles. The lowest BCUT2D eigenvalue weighted by Crippen LogP contribution is -2.34. The highest BCUT2D eigenvalue weighted by Crippen LogP contribution is 2.28. The molecule has 2 amide bonds. The summed E-state index contributed by atoms with van der Waals surface area (Å²) in [5.74, 6) is 1.63. The lowest BCUT2D eigenvalue weighted by molar-refractivity contribution is -0.129. The highest BCUT2D eigenvalue weighted by molar-refractivity contribution is 8.00. The summed E-state index contributed by atoms with van der Waals surface area (Å²) in [5.41, 5.74) is 0. The zero-order chi connectivity index (χ0) is 19.5. The molecule has 1 atom stereocenters. The van der Waals surface area contributed by atoms with Crippen LogP contribution in [0.25, 0.3) is 5.82 Å². The number of nitrogens with zero attached hydrogens (tertiary/aromatic N) is 6. The van der Waals surface area contributed by atoms with Gasteiger partial charge in [-0.2, -0.15) is 0 Å². The summed E-state index contributed by atoms with van der Waals surface area (Å²) in [5, 5.41) is 9.04. The minimum absolute atomic E-state index is 0.134. The van der Waals surface area contributed by atoms with Crippen LogP contribution in [0.5, 0.6) is 0 Å². The Morgan fingerprint density at radius 2 is 2.00 bits per heavy atom. The van der Waals surface area contributed by atoms with Gasteiger partial charge in [-0.3, -0.25) is 14.2 Å². The third-order valence-corrected chi connectivity index (χ3v) is 6.16. The molecule has 0 N–H and O–H groups in total. The Morgan fingerprint density at radius 1 is 1.18 bits per heavy atom. The van der Waals surface area contributed by atoms with Crippen molar-refractivity contribution in [3.05, 3.63) is 30.2 Å². The maximum atomic E-state index is 12.7. The molecule has 4 heterocycles. The van der Waals surface area contributed by atoms with Gasteiger partial charge >= 0.3 is 0 Å². The number of hydrogen-bond donors (Lipinski definition) is 0. The SMILES string of the molecule is CC(Sc1nnc(CN2CCCC2=O)n1-c1ccccn1)C(=O)N1CCCC1. The van der Waals surface area contributed by atoms with Gasteiger partial charge in [0.15, 0.2) is 11.0 Å². The van der Waals surface area contributed by atoms with E-state index in [2.05, 4.69) is 15.2 Å². The quantitative estimate of drug-likeness (QED) is 0.689. The predicted octanol–water partition coefficient (Wildman–Crippen LogP) is 1.89. The van der Waals surface area contributed by atoms with Crippen LogP contribution in [0.1, 0.15) is 38.4 Å². The molecule has 0 aromatic carbocycles. The van der Waals surface area contributed by atoms with Crippen molar-refractivity contribution in [3.8, 4) is 5.82 Å². The summed E-state index contributed by atoms with van der Waals surface area (Å²) in [6.07, 6.45) is 5.32. The summed E-state index contributed by atoms with van der Waals surface area (Å²) in [6.45, 7) is 4.71. The average molecular weight is 401 g/mol. The Bertz CT molecular complexity index is 849. The van der Waals surface area contributed by atoms with Gasteiger partial charge in [0.2, 0.25) is 11.8 Å². The van der Waals surface area contributed by atoms with E-state index in [1.54, 1.807) is 11.1 Å². The fourth-order valence-corrected chi connectivity index (χ4v) is 4.60. The van der Waals surface area contributed by atoms with Crippen molar-refractivity contribution in [1.29, 1.82) is 0 Å². The van der Waals surface area contributed by atoms with Crippen LogP contribution in [-0.4, -0.2) is 66.2 Å². The fraction of sp³-hybridized carbons (Fsp3) is 0.526. The summed E-state index contributed by atoms with van der Waals surface area (Å²) < 4.78 is 1.87. The molecule has 0 saturated carbocycles. The van der Waals surface area contributed by atoms with Crippen molar-refractivity contribution >= 4 is 23.6 Å². The van der Waals surface area contributed by atoms with E-state index >= 15 is 0 Å². The molecule has 2 saturated heterocycles. The molecule has 1 unspecified atom stereocenters. The molecule has 28 heavy (non-hydrogen) atoms. The van der Waals surface area contributed by atoms with Crippen molar-refractivity contribution in [2.24, 2.45) is 0 Å². The van der Waals surface area contributed by atoms with Crippen LogP contribution < -0.4 is 0 Å². The molecular weight excluding hydrogens is 376 g/mol. The molecule has 0 radical (unpaired) electrons. The number of hydrogen-bond acceptors (Lipinski definition) is 6. The third-order valence-electron chi connectivity index (χ3n) is 5.13. The summed E-state index contributed by atoms with van der Waals surface area (Å²) in [6, 6.07) is 5.64. The maximum Gasteiger partial charge on any atom is 0.235 e. The van der Waals surface area contributed by atoms with E-state index < -0.39 is 0 Å². The minimum atomic E-state index is -0.258. The van der Waals surface area contributed by atoms with Crippen molar-refractivity contribution in [1.82, 2.24) is 29.5 Å². The summed E-state index contributed by atoms with van der Waals surface area (Å²) in [4.78, 5) is 32.9. The number of aromatic nitrogens is 4. The van der Waals surface area contributed by atoms with Gasteiger partial charge in [0.05, 0.1) is 11.8 Å². The van der Waals surface area contributed by atoms with Gasteiger partial charge in [-0.15, -0.1) is 10.2 Å². The normalized spacial score (nSPS) is 18.1. The standard InChI is InChI=1S/C19H24N6O2S/c1-14(18(27)23-10-4-5-11-23)28-19-22-21-16(13-24-12-6-8-17(24)26)25(19)15-7-2-3-9-20-15/h2-3,7,9,14H,4-6,8,10-13H2,1H3. The number of thioether (sulfide) groups is 1. The first-order valence-corrected chi connectivity index (χ1v) is 10.6. The first-order chi connectivity index (χ1) is 13.6. The summed E-state index contributed by atoms with van der Waals surface area (Å²) >= 11 is 1.39. The second kappa shape index (κ2) is 8.30. The van der Waals surface area contributed by atoms with Gasteiger partial charge in [-0.25, -0.2) is 4.98 Å². The number of pyridine rings is 1. The number of amides is 2. The van der Waals surface area contributed by atoms with Crippen LogP contribution >= 0.6 is 11.8 Å². The van der Waals surface area contributed by atoms with Crippen LogP contribution in [0, 0.1) is 0 Å².